The van der Waals surface area contributed by atoms with Crippen LogP contribution in [-0.4, -0.2) is 37.8 Å². The van der Waals surface area contributed by atoms with Gasteiger partial charge in [-0.25, -0.2) is 19.7 Å². The number of nitrogens with zero attached hydrogens (tertiary/aromatic N) is 5. The minimum atomic E-state index is -0.605. The summed E-state index contributed by atoms with van der Waals surface area (Å²) in [7, 11) is 0. The summed E-state index contributed by atoms with van der Waals surface area (Å²) in [5, 5.41) is 0. The summed E-state index contributed by atoms with van der Waals surface area (Å²) in [6, 6.07) is 0. The molecule has 0 aliphatic rings. The predicted octanol–water partition coefficient (Wildman–Crippen LogP) is 3.24. The zero-order valence-electron chi connectivity index (χ0n) is 13.9. The van der Waals surface area contributed by atoms with Crippen LogP contribution in [0.2, 0.25) is 0 Å². The second kappa shape index (κ2) is 6.60. The highest BCUT2D eigenvalue weighted by Gasteiger charge is 2.26. The maximum Gasteiger partial charge on any atom is 0.416 e. The van der Waals surface area contributed by atoms with E-state index in [0.717, 1.165) is 0 Å². The number of ether oxygens (including phenoxy) is 1. The van der Waals surface area contributed by atoms with E-state index >= 15 is 0 Å². The molecular formula is C16H21N5O2. The van der Waals surface area contributed by atoms with Gasteiger partial charge < -0.3 is 9.30 Å². The molecule has 2 heterocycles. The third-order valence-corrected chi connectivity index (χ3v) is 2.84. The molecule has 7 heteroatoms. The van der Waals surface area contributed by atoms with Gasteiger partial charge in [-0.3, -0.25) is 4.90 Å². The Hall–Kier alpha value is -2.70. The number of aromatic nitrogens is 4. The van der Waals surface area contributed by atoms with Crippen molar-refractivity contribution in [2.24, 2.45) is 0 Å². The number of allylic oxidation sites excluding steroid dienone is 1. The number of imidazole rings is 1. The molecule has 0 saturated heterocycles. The van der Waals surface area contributed by atoms with E-state index in [4.69, 9.17) is 4.74 Å². The Morgan fingerprint density at radius 1 is 1.39 bits per heavy atom. The lowest BCUT2D eigenvalue weighted by atomic mass is 10.2. The molecule has 0 aliphatic carbocycles. The zero-order chi connectivity index (χ0) is 17.0. The summed E-state index contributed by atoms with van der Waals surface area (Å²) >= 11 is 0. The first kappa shape index (κ1) is 16.7. The van der Waals surface area contributed by atoms with Gasteiger partial charge in [0.15, 0.2) is 11.5 Å². The topological polar surface area (TPSA) is 73.1 Å². The quantitative estimate of drug-likeness (QED) is 0.810. The first-order valence-electron chi connectivity index (χ1n) is 7.29. The Bertz CT molecular complexity index is 742. The highest BCUT2D eigenvalue weighted by molar-refractivity contribution is 5.96. The van der Waals surface area contributed by atoms with Crippen LogP contribution < -0.4 is 4.90 Å². The van der Waals surface area contributed by atoms with Gasteiger partial charge in [-0.15, -0.1) is 6.58 Å². The molecule has 1 amide bonds. The van der Waals surface area contributed by atoms with E-state index in [1.807, 2.05) is 40.0 Å². The van der Waals surface area contributed by atoms with Gasteiger partial charge in [0.2, 0.25) is 0 Å². The lowest BCUT2D eigenvalue weighted by Crippen LogP contribution is -2.37. The van der Waals surface area contributed by atoms with E-state index in [0.29, 0.717) is 17.0 Å². The largest absolute Gasteiger partial charge is 0.443 e. The van der Waals surface area contributed by atoms with Crippen LogP contribution >= 0.6 is 0 Å². The lowest BCUT2D eigenvalue weighted by molar-refractivity contribution is 0.0583. The smallest absolute Gasteiger partial charge is 0.416 e. The predicted molar refractivity (Wildman–Crippen MR) is 90.1 cm³/mol. The molecule has 0 fully saturated rings. The third kappa shape index (κ3) is 3.74. The molecule has 7 nitrogen and oxygen atoms in total. The van der Waals surface area contributed by atoms with Crippen LogP contribution in [0.1, 0.15) is 27.7 Å². The van der Waals surface area contributed by atoms with Crippen LogP contribution in [0, 0.1) is 0 Å². The van der Waals surface area contributed by atoms with Crippen molar-refractivity contribution in [1.82, 2.24) is 19.5 Å². The normalized spacial score (nSPS) is 11.8. The van der Waals surface area contributed by atoms with Gasteiger partial charge in [-0.05, 0) is 27.7 Å². The van der Waals surface area contributed by atoms with Gasteiger partial charge >= 0.3 is 6.09 Å². The summed E-state index contributed by atoms with van der Waals surface area (Å²) in [6.07, 6.45) is 7.82. The van der Waals surface area contributed by atoms with Crippen LogP contribution in [0.5, 0.6) is 0 Å². The Labute approximate surface area is 135 Å². The zero-order valence-corrected chi connectivity index (χ0v) is 13.9. The first-order chi connectivity index (χ1) is 10.9. The Kier molecular flexibility index (Phi) is 4.78. The van der Waals surface area contributed by atoms with Crippen molar-refractivity contribution in [3.8, 4) is 0 Å². The highest BCUT2D eigenvalue weighted by atomic mass is 16.6. The van der Waals surface area contributed by atoms with Crippen molar-refractivity contribution < 1.29 is 9.53 Å². The molecule has 0 unspecified atom stereocenters. The SMILES string of the molecule is C=CCN(C(=O)OC(C)(C)C)c1ncnc2ncn(/C=C/C)c12. The Balaban J connectivity index is 2.55. The van der Waals surface area contributed by atoms with E-state index in [1.54, 1.807) is 17.0 Å². The summed E-state index contributed by atoms with van der Waals surface area (Å²) in [4.78, 5) is 26.6. The first-order valence-corrected chi connectivity index (χ1v) is 7.29. The molecule has 0 saturated carbocycles. The lowest BCUT2D eigenvalue weighted by Gasteiger charge is -2.26. The maximum atomic E-state index is 12.5. The van der Waals surface area contributed by atoms with E-state index in [-0.39, 0.29) is 6.54 Å². The molecule has 122 valence electrons. The number of hydrogen-bond acceptors (Lipinski definition) is 5. The van der Waals surface area contributed by atoms with Crippen LogP contribution in [0.25, 0.3) is 17.4 Å². The molecule has 23 heavy (non-hydrogen) atoms. The van der Waals surface area contributed by atoms with Gasteiger partial charge in [0.1, 0.15) is 23.8 Å². The second-order valence-corrected chi connectivity index (χ2v) is 5.88. The molecule has 2 rings (SSSR count). The second-order valence-electron chi connectivity index (χ2n) is 5.88. The maximum absolute atomic E-state index is 12.5. The average Bonchev–Trinajstić information content (AvgIpc) is 2.87. The number of carbonyl (C=O) groups is 1. The number of hydrogen-bond donors (Lipinski definition) is 0. The minimum Gasteiger partial charge on any atom is -0.443 e. The molecule has 2 aromatic heterocycles. The van der Waals surface area contributed by atoms with Gasteiger partial charge in [0.25, 0.3) is 0 Å². The Morgan fingerprint density at radius 3 is 2.74 bits per heavy atom. The van der Waals surface area contributed by atoms with E-state index in [2.05, 4.69) is 21.5 Å². The van der Waals surface area contributed by atoms with Crippen molar-refractivity contribution in [3.05, 3.63) is 31.4 Å². The minimum absolute atomic E-state index is 0.266. The Morgan fingerprint density at radius 2 is 2.13 bits per heavy atom. The van der Waals surface area contributed by atoms with Crippen molar-refractivity contribution in [1.29, 1.82) is 0 Å². The molecule has 2 aromatic rings. The van der Waals surface area contributed by atoms with Crippen LogP contribution in [0.3, 0.4) is 0 Å². The van der Waals surface area contributed by atoms with Crippen molar-refractivity contribution >= 4 is 29.3 Å². The number of amides is 1. The van der Waals surface area contributed by atoms with E-state index < -0.39 is 11.7 Å². The fourth-order valence-corrected chi connectivity index (χ4v) is 2.03. The van der Waals surface area contributed by atoms with Crippen molar-refractivity contribution in [3.63, 3.8) is 0 Å². The van der Waals surface area contributed by atoms with Gasteiger partial charge in [0.05, 0.1) is 0 Å². The van der Waals surface area contributed by atoms with Gasteiger partial charge in [-0.1, -0.05) is 12.2 Å². The molecule has 0 bridgehead atoms. The molecule has 0 aromatic carbocycles. The summed E-state index contributed by atoms with van der Waals surface area (Å²) < 4.78 is 7.23. The fourth-order valence-electron chi connectivity index (χ4n) is 2.03. The van der Waals surface area contributed by atoms with Gasteiger partial charge in [-0.2, -0.15) is 0 Å². The summed E-state index contributed by atoms with van der Waals surface area (Å²) in [5.41, 5.74) is 0.538. The van der Waals surface area contributed by atoms with Crippen LogP contribution in [-0.2, 0) is 4.74 Å². The molecule has 0 radical (unpaired) electrons. The van der Waals surface area contributed by atoms with E-state index in [1.165, 1.54) is 11.2 Å². The van der Waals surface area contributed by atoms with Gasteiger partial charge in [0, 0.05) is 12.7 Å². The standard InChI is InChI=1S/C16H21N5O2/c1-6-8-20-11-19-13-12(20)14(18-10-17-13)21(9-7-2)15(22)23-16(3,4)5/h6-8,10-11H,2,9H2,1,3-5H3/b8-6+. The molecular weight excluding hydrogens is 294 g/mol. The van der Waals surface area contributed by atoms with E-state index in [9.17, 15) is 4.79 Å². The monoisotopic (exact) mass is 315 g/mol. The number of fused-ring (bicyclic) bond motifs is 1. The van der Waals surface area contributed by atoms with Crippen molar-refractivity contribution in [2.75, 3.05) is 11.4 Å². The molecule has 0 spiro atoms. The highest BCUT2D eigenvalue weighted by Crippen LogP contribution is 2.24. The van der Waals surface area contributed by atoms with Crippen LogP contribution in [0.15, 0.2) is 31.4 Å². The molecule has 0 atom stereocenters. The third-order valence-electron chi connectivity index (χ3n) is 2.84. The number of rotatable bonds is 4. The number of carbonyl (C=O) groups excluding carboxylic acids is 1. The average molecular weight is 315 g/mol. The summed E-state index contributed by atoms with van der Waals surface area (Å²) in [6.45, 7) is 11.3. The number of anilines is 1. The van der Waals surface area contributed by atoms with Crippen molar-refractivity contribution in [2.45, 2.75) is 33.3 Å². The molecule has 0 aliphatic heterocycles. The molecule has 0 N–H and O–H groups in total. The summed E-state index contributed by atoms with van der Waals surface area (Å²) in [5.74, 6) is 0.430. The van der Waals surface area contributed by atoms with Crippen LogP contribution in [0.4, 0.5) is 10.6 Å². The fraction of sp³-hybridized carbons (Fsp3) is 0.375.